The molecule has 17 heavy (non-hydrogen) atoms. The highest BCUT2D eigenvalue weighted by molar-refractivity contribution is 5.68. The van der Waals surface area contributed by atoms with Gasteiger partial charge in [0.1, 0.15) is 6.61 Å². The van der Waals surface area contributed by atoms with Crippen molar-refractivity contribution in [1.82, 2.24) is 0 Å². The van der Waals surface area contributed by atoms with Gasteiger partial charge in [0.15, 0.2) is 0 Å². The molecule has 0 saturated heterocycles. The van der Waals surface area contributed by atoms with Crippen LogP contribution >= 0.6 is 0 Å². The summed E-state index contributed by atoms with van der Waals surface area (Å²) in [6, 6.07) is 0. The largest absolute Gasteiger partial charge is 0.480 e. The Morgan fingerprint density at radius 1 is 1.00 bits per heavy atom. The number of hydrogen-bond donors (Lipinski definition) is 1. The van der Waals surface area contributed by atoms with Crippen LogP contribution in [0.1, 0.15) is 27.7 Å². The molecule has 0 aliphatic heterocycles. The van der Waals surface area contributed by atoms with Crippen molar-refractivity contribution < 1.29 is 24.1 Å². The zero-order valence-corrected chi connectivity index (χ0v) is 11.1. The SMILES string of the molecule is CC(C)COCC(C)OCC(C)OCC(=O)O. The number of hydrogen-bond acceptors (Lipinski definition) is 4. The average Bonchev–Trinajstić information content (AvgIpc) is 2.23. The molecule has 0 fully saturated rings. The predicted molar refractivity (Wildman–Crippen MR) is 64.1 cm³/mol. The lowest BCUT2D eigenvalue weighted by Crippen LogP contribution is -2.25. The maximum atomic E-state index is 10.3. The maximum absolute atomic E-state index is 10.3. The van der Waals surface area contributed by atoms with Gasteiger partial charge in [-0.3, -0.25) is 0 Å². The van der Waals surface area contributed by atoms with Gasteiger partial charge in [0, 0.05) is 6.61 Å². The van der Waals surface area contributed by atoms with Crippen molar-refractivity contribution in [2.45, 2.75) is 39.9 Å². The number of carbonyl (C=O) groups is 1. The number of aliphatic carboxylic acids is 1. The molecule has 0 aromatic rings. The number of carboxylic acid groups (broad SMARTS) is 1. The lowest BCUT2D eigenvalue weighted by molar-refractivity contribution is -0.146. The molecule has 0 aliphatic carbocycles. The van der Waals surface area contributed by atoms with Gasteiger partial charge in [0.25, 0.3) is 0 Å². The van der Waals surface area contributed by atoms with E-state index in [9.17, 15) is 4.79 Å². The van der Waals surface area contributed by atoms with E-state index in [1.165, 1.54) is 0 Å². The van der Waals surface area contributed by atoms with Crippen molar-refractivity contribution in [2.24, 2.45) is 5.92 Å². The Labute approximate surface area is 103 Å². The highest BCUT2D eigenvalue weighted by atomic mass is 16.6. The summed E-state index contributed by atoms with van der Waals surface area (Å²) < 4.78 is 15.9. The fraction of sp³-hybridized carbons (Fsp3) is 0.917. The zero-order chi connectivity index (χ0) is 13.3. The fourth-order valence-electron chi connectivity index (χ4n) is 1.08. The van der Waals surface area contributed by atoms with Crippen LogP contribution in [0.4, 0.5) is 0 Å². The Hall–Kier alpha value is -0.650. The van der Waals surface area contributed by atoms with E-state index in [1.807, 2.05) is 6.92 Å². The first-order valence-corrected chi connectivity index (χ1v) is 5.94. The van der Waals surface area contributed by atoms with Crippen LogP contribution in [0.2, 0.25) is 0 Å². The molecule has 5 nitrogen and oxygen atoms in total. The average molecular weight is 248 g/mol. The molecule has 0 spiro atoms. The Kier molecular flexibility index (Phi) is 9.03. The number of ether oxygens (including phenoxy) is 3. The van der Waals surface area contributed by atoms with Crippen LogP contribution in [0.15, 0.2) is 0 Å². The quantitative estimate of drug-likeness (QED) is 0.635. The minimum atomic E-state index is -0.967. The molecule has 5 heteroatoms. The summed E-state index contributed by atoms with van der Waals surface area (Å²) in [6.45, 7) is 9.24. The van der Waals surface area contributed by atoms with Gasteiger partial charge in [-0.1, -0.05) is 13.8 Å². The van der Waals surface area contributed by atoms with Gasteiger partial charge in [-0.2, -0.15) is 0 Å². The molecule has 0 aromatic carbocycles. The molecule has 0 saturated carbocycles. The summed E-state index contributed by atoms with van der Waals surface area (Å²) in [5.41, 5.74) is 0. The Bertz CT molecular complexity index is 205. The van der Waals surface area contributed by atoms with Crippen LogP contribution in [0.3, 0.4) is 0 Å². The first-order chi connectivity index (χ1) is 7.91. The van der Waals surface area contributed by atoms with E-state index in [2.05, 4.69) is 13.8 Å². The summed E-state index contributed by atoms with van der Waals surface area (Å²) in [6.07, 6.45) is -0.233. The first-order valence-electron chi connectivity index (χ1n) is 5.94. The smallest absolute Gasteiger partial charge is 0.329 e. The maximum Gasteiger partial charge on any atom is 0.329 e. The topological polar surface area (TPSA) is 65.0 Å². The van der Waals surface area contributed by atoms with E-state index in [0.717, 1.165) is 6.61 Å². The first kappa shape index (κ1) is 16.4. The summed E-state index contributed by atoms with van der Waals surface area (Å²) >= 11 is 0. The molecule has 0 aliphatic rings. The van der Waals surface area contributed by atoms with Crippen LogP contribution in [0.5, 0.6) is 0 Å². The zero-order valence-electron chi connectivity index (χ0n) is 11.1. The molecule has 0 bridgehead atoms. The van der Waals surface area contributed by atoms with Crippen molar-refractivity contribution >= 4 is 5.97 Å². The predicted octanol–water partition coefficient (Wildman–Crippen LogP) is 1.55. The van der Waals surface area contributed by atoms with Gasteiger partial charge >= 0.3 is 5.97 Å². The number of carboxylic acids is 1. The summed E-state index contributed by atoms with van der Waals surface area (Å²) in [4.78, 5) is 10.3. The minimum Gasteiger partial charge on any atom is -0.480 e. The third-order valence-corrected chi connectivity index (χ3v) is 1.91. The third kappa shape index (κ3) is 11.6. The van der Waals surface area contributed by atoms with Gasteiger partial charge < -0.3 is 19.3 Å². The van der Waals surface area contributed by atoms with Crippen LogP contribution in [-0.4, -0.2) is 49.7 Å². The highest BCUT2D eigenvalue weighted by Gasteiger charge is 2.09. The van der Waals surface area contributed by atoms with Crippen LogP contribution in [0, 0.1) is 5.92 Å². The molecule has 102 valence electrons. The fourth-order valence-corrected chi connectivity index (χ4v) is 1.08. The Morgan fingerprint density at radius 3 is 2.12 bits per heavy atom. The summed E-state index contributed by atoms with van der Waals surface area (Å²) in [7, 11) is 0. The lowest BCUT2D eigenvalue weighted by Gasteiger charge is -2.17. The Morgan fingerprint density at radius 2 is 1.59 bits per heavy atom. The third-order valence-electron chi connectivity index (χ3n) is 1.91. The van der Waals surface area contributed by atoms with E-state index in [1.54, 1.807) is 6.92 Å². The van der Waals surface area contributed by atoms with Crippen LogP contribution in [0.25, 0.3) is 0 Å². The van der Waals surface area contributed by atoms with Gasteiger partial charge in [0.2, 0.25) is 0 Å². The molecule has 0 amide bonds. The second kappa shape index (κ2) is 9.39. The van der Waals surface area contributed by atoms with Crippen molar-refractivity contribution in [3.63, 3.8) is 0 Å². The van der Waals surface area contributed by atoms with Crippen LogP contribution in [-0.2, 0) is 19.0 Å². The molecule has 2 unspecified atom stereocenters. The molecule has 2 atom stereocenters. The lowest BCUT2D eigenvalue weighted by atomic mass is 10.2. The van der Waals surface area contributed by atoms with E-state index < -0.39 is 5.97 Å². The summed E-state index contributed by atoms with van der Waals surface area (Å²) in [5, 5.41) is 8.42. The van der Waals surface area contributed by atoms with E-state index in [4.69, 9.17) is 19.3 Å². The van der Waals surface area contributed by atoms with Gasteiger partial charge in [-0.25, -0.2) is 4.79 Å². The van der Waals surface area contributed by atoms with E-state index >= 15 is 0 Å². The van der Waals surface area contributed by atoms with E-state index in [0.29, 0.717) is 19.1 Å². The molecular formula is C12H24O5. The van der Waals surface area contributed by atoms with E-state index in [-0.39, 0.29) is 18.8 Å². The van der Waals surface area contributed by atoms with Crippen molar-refractivity contribution in [2.75, 3.05) is 26.4 Å². The minimum absolute atomic E-state index is 0.00960. The van der Waals surface area contributed by atoms with Gasteiger partial charge in [-0.05, 0) is 19.8 Å². The van der Waals surface area contributed by atoms with Crippen molar-refractivity contribution in [3.8, 4) is 0 Å². The molecule has 0 radical (unpaired) electrons. The van der Waals surface area contributed by atoms with Crippen molar-refractivity contribution in [3.05, 3.63) is 0 Å². The normalized spacial score (nSPS) is 14.9. The monoisotopic (exact) mass is 248 g/mol. The molecule has 1 N–H and O–H groups in total. The molecule has 0 aromatic heterocycles. The Balaban J connectivity index is 3.48. The second-order valence-electron chi connectivity index (χ2n) is 4.59. The molecular weight excluding hydrogens is 224 g/mol. The highest BCUT2D eigenvalue weighted by Crippen LogP contribution is 1.99. The molecule has 0 rings (SSSR count). The summed E-state index contributed by atoms with van der Waals surface area (Å²) in [5.74, 6) is -0.454. The van der Waals surface area contributed by atoms with Crippen LogP contribution < -0.4 is 0 Å². The standard InChI is InChI=1S/C12H24O5/c1-9(2)5-15-6-10(3)16-7-11(4)17-8-12(13)14/h9-11H,5-8H2,1-4H3,(H,13,14). The number of rotatable bonds is 10. The molecule has 0 heterocycles. The van der Waals surface area contributed by atoms with Gasteiger partial charge in [0.05, 0.1) is 25.4 Å². The van der Waals surface area contributed by atoms with Crippen molar-refractivity contribution in [1.29, 1.82) is 0 Å². The second-order valence-corrected chi connectivity index (χ2v) is 4.59. The van der Waals surface area contributed by atoms with Gasteiger partial charge in [-0.15, -0.1) is 0 Å².